The highest BCUT2D eigenvalue weighted by molar-refractivity contribution is 7.89. The third-order valence-electron chi connectivity index (χ3n) is 3.86. The summed E-state index contributed by atoms with van der Waals surface area (Å²) >= 11 is 0. The Hall–Kier alpha value is -2.19. The van der Waals surface area contributed by atoms with Crippen molar-refractivity contribution in [2.45, 2.75) is 30.7 Å². The van der Waals surface area contributed by atoms with E-state index in [-0.39, 0.29) is 11.4 Å². The van der Waals surface area contributed by atoms with Crippen LogP contribution >= 0.6 is 0 Å². The van der Waals surface area contributed by atoms with Crippen LogP contribution in [-0.4, -0.2) is 41.4 Å². The summed E-state index contributed by atoms with van der Waals surface area (Å²) in [5.74, 6) is -0.584. The van der Waals surface area contributed by atoms with E-state index < -0.39 is 22.0 Å². The van der Waals surface area contributed by atoms with Crippen molar-refractivity contribution in [3.8, 4) is 11.3 Å². The summed E-state index contributed by atoms with van der Waals surface area (Å²) in [4.78, 5) is 15.5. The Balaban J connectivity index is 1.90. The number of carbonyl (C=O) groups is 1. The zero-order valence-corrected chi connectivity index (χ0v) is 13.3. The van der Waals surface area contributed by atoms with E-state index in [2.05, 4.69) is 4.98 Å². The summed E-state index contributed by atoms with van der Waals surface area (Å²) in [6.07, 6.45) is 2.39. The molecule has 2 heterocycles. The van der Waals surface area contributed by atoms with E-state index in [4.69, 9.17) is 9.52 Å². The van der Waals surface area contributed by atoms with E-state index in [0.29, 0.717) is 24.4 Å². The van der Waals surface area contributed by atoms with Gasteiger partial charge in [0.25, 0.3) is 0 Å². The van der Waals surface area contributed by atoms with Crippen LogP contribution in [0.5, 0.6) is 0 Å². The normalized spacial score (nSPS) is 19.1. The van der Waals surface area contributed by atoms with Crippen molar-refractivity contribution in [3.63, 3.8) is 0 Å². The highest BCUT2D eigenvalue weighted by atomic mass is 32.2. The van der Waals surface area contributed by atoms with Crippen molar-refractivity contribution in [1.29, 1.82) is 0 Å². The summed E-state index contributed by atoms with van der Waals surface area (Å²) in [5.41, 5.74) is 1.35. The summed E-state index contributed by atoms with van der Waals surface area (Å²) in [6, 6.07) is 5.21. The van der Waals surface area contributed by atoms with Crippen LogP contribution in [0.4, 0.5) is 0 Å². The average Bonchev–Trinajstić information content (AvgIpc) is 3.16. The zero-order chi connectivity index (χ0) is 16.6. The monoisotopic (exact) mass is 336 g/mol. The van der Waals surface area contributed by atoms with Gasteiger partial charge in [-0.15, -0.1) is 0 Å². The lowest BCUT2D eigenvalue weighted by Crippen LogP contribution is -2.40. The summed E-state index contributed by atoms with van der Waals surface area (Å²) in [6.45, 7) is 1.95. The summed E-state index contributed by atoms with van der Waals surface area (Å²) in [7, 11) is -3.82. The molecule has 1 atom stereocenters. The Kier molecular flexibility index (Phi) is 3.95. The lowest BCUT2D eigenvalue weighted by atomic mass is 10.2. The molecule has 1 aromatic heterocycles. The average molecular weight is 336 g/mol. The molecule has 0 spiro atoms. The molecule has 1 N–H and O–H groups in total. The van der Waals surface area contributed by atoms with E-state index in [1.54, 1.807) is 19.1 Å². The van der Waals surface area contributed by atoms with Gasteiger partial charge in [-0.25, -0.2) is 13.4 Å². The minimum Gasteiger partial charge on any atom is -0.480 e. The number of hydrogen-bond acceptors (Lipinski definition) is 5. The molecular weight excluding hydrogens is 320 g/mol. The molecule has 1 saturated heterocycles. The van der Waals surface area contributed by atoms with E-state index in [9.17, 15) is 13.2 Å². The molecule has 1 aromatic carbocycles. The van der Waals surface area contributed by atoms with Gasteiger partial charge in [0.05, 0.1) is 4.90 Å². The zero-order valence-electron chi connectivity index (χ0n) is 12.5. The standard InChI is InChI=1S/C15H16N2O5S/c1-10-16-13(9-22-10)11-4-6-12(7-5-11)23(20,21)17-8-2-3-14(17)15(18)19/h4-7,9,14H,2-3,8H2,1H3,(H,18,19)/t14-/m0/s1. The third-order valence-corrected chi connectivity index (χ3v) is 5.79. The molecule has 2 aromatic rings. The number of aromatic nitrogens is 1. The molecule has 1 fully saturated rings. The van der Waals surface area contributed by atoms with Crippen molar-refractivity contribution in [2.24, 2.45) is 0 Å². The van der Waals surface area contributed by atoms with Crippen molar-refractivity contribution >= 4 is 16.0 Å². The van der Waals surface area contributed by atoms with Crippen molar-refractivity contribution in [2.75, 3.05) is 6.54 Å². The summed E-state index contributed by atoms with van der Waals surface area (Å²) in [5, 5.41) is 9.16. The first kappa shape index (κ1) is 15.7. The number of oxazole rings is 1. The smallest absolute Gasteiger partial charge is 0.322 e. The van der Waals surface area contributed by atoms with Gasteiger partial charge in [-0.1, -0.05) is 12.1 Å². The quantitative estimate of drug-likeness (QED) is 0.915. The Morgan fingerprint density at radius 2 is 2.04 bits per heavy atom. The molecule has 0 amide bonds. The topological polar surface area (TPSA) is 101 Å². The van der Waals surface area contributed by atoms with Gasteiger partial charge in [0.1, 0.15) is 18.0 Å². The molecular formula is C15H16N2O5S. The van der Waals surface area contributed by atoms with Crippen molar-refractivity contribution in [1.82, 2.24) is 9.29 Å². The predicted octanol–water partition coefficient (Wildman–Crippen LogP) is 1.89. The van der Waals surface area contributed by atoms with E-state index in [1.165, 1.54) is 18.4 Å². The van der Waals surface area contributed by atoms with Gasteiger partial charge < -0.3 is 9.52 Å². The van der Waals surface area contributed by atoms with Crippen LogP contribution in [0.15, 0.2) is 39.8 Å². The molecule has 23 heavy (non-hydrogen) atoms. The maximum absolute atomic E-state index is 12.6. The minimum atomic E-state index is -3.82. The first-order valence-corrected chi connectivity index (χ1v) is 8.61. The van der Waals surface area contributed by atoms with Gasteiger partial charge in [0.2, 0.25) is 10.0 Å². The number of benzene rings is 1. The molecule has 0 aliphatic carbocycles. The van der Waals surface area contributed by atoms with E-state index in [1.807, 2.05) is 0 Å². The molecule has 1 aliphatic heterocycles. The van der Waals surface area contributed by atoms with Gasteiger partial charge in [-0.2, -0.15) is 4.31 Å². The maximum Gasteiger partial charge on any atom is 0.322 e. The molecule has 3 rings (SSSR count). The van der Waals surface area contributed by atoms with Crippen LogP contribution in [0.1, 0.15) is 18.7 Å². The van der Waals surface area contributed by atoms with Crippen LogP contribution in [0.25, 0.3) is 11.3 Å². The van der Waals surface area contributed by atoms with Crippen molar-refractivity contribution < 1.29 is 22.7 Å². The lowest BCUT2D eigenvalue weighted by Gasteiger charge is -2.21. The highest BCUT2D eigenvalue weighted by Gasteiger charge is 2.39. The number of aryl methyl sites for hydroxylation is 1. The second-order valence-corrected chi connectivity index (χ2v) is 7.28. The number of carboxylic acid groups (broad SMARTS) is 1. The van der Waals surface area contributed by atoms with Crippen LogP contribution in [0, 0.1) is 6.92 Å². The summed E-state index contributed by atoms with van der Waals surface area (Å²) < 4.78 is 31.5. The first-order valence-electron chi connectivity index (χ1n) is 7.17. The molecule has 0 bridgehead atoms. The largest absolute Gasteiger partial charge is 0.480 e. The number of carboxylic acids is 1. The van der Waals surface area contributed by atoms with Crippen molar-refractivity contribution in [3.05, 3.63) is 36.4 Å². The second kappa shape index (κ2) is 5.78. The number of hydrogen-bond donors (Lipinski definition) is 1. The molecule has 0 saturated carbocycles. The fourth-order valence-electron chi connectivity index (χ4n) is 2.70. The molecule has 0 unspecified atom stereocenters. The fraction of sp³-hybridized carbons (Fsp3) is 0.333. The predicted molar refractivity (Wildman–Crippen MR) is 81.2 cm³/mol. The number of sulfonamides is 1. The molecule has 0 radical (unpaired) electrons. The fourth-order valence-corrected chi connectivity index (χ4v) is 4.35. The highest BCUT2D eigenvalue weighted by Crippen LogP contribution is 2.28. The molecule has 8 heteroatoms. The van der Waals surface area contributed by atoms with E-state index >= 15 is 0 Å². The Morgan fingerprint density at radius 3 is 2.61 bits per heavy atom. The van der Waals surface area contributed by atoms with Crippen LogP contribution in [0.3, 0.4) is 0 Å². The SMILES string of the molecule is Cc1nc(-c2ccc(S(=O)(=O)N3CCC[C@H]3C(=O)O)cc2)co1. The number of nitrogens with zero attached hydrogens (tertiary/aromatic N) is 2. The molecule has 7 nitrogen and oxygen atoms in total. The van der Waals surface area contributed by atoms with Gasteiger partial charge in [-0.3, -0.25) is 4.79 Å². The second-order valence-electron chi connectivity index (χ2n) is 5.39. The van der Waals surface area contributed by atoms with Gasteiger partial charge in [0.15, 0.2) is 5.89 Å². The van der Waals surface area contributed by atoms with Crippen LogP contribution in [0.2, 0.25) is 0 Å². The van der Waals surface area contributed by atoms with Crippen LogP contribution < -0.4 is 0 Å². The Labute approximate surface area is 133 Å². The number of rotatable bonds is 4. The van der Waals surface area contributed by atoms with E-state index in [0.717, 1.165) is 9.87 Å². The maximum atomic E-state index is 12.6. The Bertz CT molecular complexity index is 826. The number of aliphatic carboxylic acids is 1. The van der Waals surface area contributed by atoms with Gasteiger partial charge in [0, 0.05) is 19.0 Å². The lowest BCUT2D eigenvalue weighted by molar-refractivity contribution is -0.140. The van der Waals surface area contributed by atoms with Crippen LogP contribution in [-0.2, 0) is 14.8 Å². The molecule has 122 valence electrons. The molecule has 1 aliphatic rings. The third kappa shape index (κ3) is 2.87. The van der Waals surface area contributed by atoms with Gasteiger partial charge in [-0.05, 0) is 25.0 Å². The Morgan fingerprint density at radius 1 is 1.35 bits per heavy atom. The first-order chi connectivity index (χ1) is 10.9. The van der Waals surface area contributed by atoms with Gasteiger partial charge >= 0.3 is 5.97 Å². The minimum absolute atomic E-state index is 0.0783.